The van der Waals surface area contributed by atoms with Crippen molar-refractivity contribution in [3.05, 3.63) is 24.1 Å². The van der Waals surface area contributed by atoms with Gasteiger partial charge in [-0.25, -0.2) is 0 Å². The van der Waals surface area contributed by atoms with Crippen LogP contribution in [0.2, 0.25) is 0 Å². The van der Waals surface area contributed by atoms with Crippen molar-refractivity contribution in [1.29, 1.82) is 0 Å². The molecule has 80 valence electrons. The van der Waals surface area contributed by atoms with E-state index in [0.29, 0.717) is 18.1 Å². The fraction of sp³-hybridized carbons (Fsp3) is 0.444. The Hall–Kier alpha value is -1.85. The van der Waals surface area contributed by atoms with Gasteiger partial charge in [0.05, 0.1) is 11.9 Å². The largest absolute Gasteiger partial charge is 0.396 e. The summed E-state index contributed by atoms with van der Waals surface area (Å²) < 4.78 is 6.73. The van der Waals surface area contributed by atoms with Gasteiger partial charge < -0.3 is 10.3 Å². The molecule has 2 aromatic rings. The Kier molecular flexibility index (Phi) is 2.66. The number of nitrogens with zero attached hydrogens (tertiary/aromatic N) is 4. The lowest BCUT2D eigenvalue weighted by Crippen LogP contribution is -2.00. The standard InChI is InChI=1S/C9H13N5O/c1-2-3-8-12-9(15-13-8)6-14-5-7(10)4-11-14/h4-5H,2-3,6,10H2,1H3. The van der Waals surface area contributed by atoms with Crippen LogP contribution in [0.1, 0.15) is 25.1 Å². The highest BCUT2D eigenvalue weighted by molar-refractivity contribution is 5.30. The van der Waals surface area contributed by atoms with Gasteiger partial charge in [0, 0.05) is 12.6 Å². The number of nitrogen functional groups attached to an aromatic ring is 1. The zero-order chi connectivity index (χ0) is 10.7. The Morgan fingerprint density at radius 1 is 1.53 bits per heavy atom. The Labute approximate surface area is 87.1 Å². The second-order valence-corrected chi connectivity index (χ2v) is 3.33. The Morgan fingerprint density at radius 2 is 2.40 bits per heavy atom. The molecule has 0 amide bonds. The first kappa shape index (κ1) is 9.70. The van der Waals surface area contributed by atoms with Crippen molar-refractivity contribution in [2.24, 2.45) is 0 Å². The average Bonchev–Trinajstić information content (AvgIpc) is 2.78. The smallest absolute Gasteiger partial charge is 0.248 e. The molecule has 2 rings (SSSR count). The summed E-state index contributed by atoms with van der Waals surface area (Å²) in [4.78, 5) is 4.23. The fourth-order valence-corrected chi connectivity index (χ4v) is 1.28. The molecule has 6 heteroatoms. The van der Waals surface area contributed by atoms with E-state index in [4.69, 9.17) is 10.3 Å². The molecule has 0 saturated carbocycles. The summed E-state index contributed by atoms with van der Waals surface area (Å²) in [5, 5.41) is 7.88. The van der Waals surface area contributed by atoms with E-state index in [1.54, 1.807) is 17.1 Å². The average molecular weight is 207 g/mol. The molecule has 6 nitrogen and oxygen atoms in total. The number of nitrogens with two attached hydrogens (primary N) is 1. The first-order valence-corrected chi connectivity index (χ1v) is 4.87. The quantitative estimate of drug-likeness (QED) is 0.803. The molecule has 0 aliphatic rings. The molecule has 0 aromatic carbocycles. The van der Waals surface area contributed by atoms with Crippen molar-refractivity contribution < 1.29 is 4.52 Å². The van der Waals surface area contributed by atoms with Crippen molar-refractivity contribution >= 4 is 5.69 Å². The zero-order valence-electron chi connectivity index (χ0n) is 8.55. The van der Waals surface area contributed by atoms with E-state index in [2.05, 4.69) is 22.2 Å². The van der Waals surface area contributed by atoms with Crippen molar-refractivity contribution in [1.82, 2.24) is 19.9 Å². The predicted molar refractivity (Wildman–Crippen MR) is 54.0 cm³/mol. The summed E-state index contributed by atoms with van der Waals surface area (Å²) in [6, 6.07) is 0. The molecular weight excluding hydrogens is 194 g/mol. The van der Waals surface area contributed by atoms with Crippen molar-refractivity contribution in [3.63, 3.8) is 0 Å². The van der Waals surface area contributed by atoms with E-state index in [9.17, 15) is 0 Å². The molecular formula is C9H13N5O. The summed E-state index contributed by atoms with van der Waals surface area (Å²) in [5.41, 5.74) is 6.16. The minimum atomic E-state index is 0.466. The topological polar surface area (TPSA) is 82.8 Å². The van der Waals surface area contributed by atoms with Crippen LogP contribution in [0.5, 0.6) is 0 Å². The van der Waals surface area contributed by atoms with Crippen LogP contribution in [0.4, 0.5) is 5.69 Å². The number of rotatable bonds is 4. The maximum Gasteiger partial charge on any atom is 0.248 e. The fourth-order valence-electron chi connectivity index (χ4n) is 1.28. The van der Waals surface area contributed by atoms with Crippen LogP contribution in [-0.2, 0) is 13.0 Å². The lowest BCUT2D eigenvalue weighted by molar-refractivity contribution is 0.361. The van der Waals surface area contributed by atoms with Crippen LogP contribution in [0.3, 0.4) is 0 Å². The summed E-state index contributed by atoms with van der Waals surface area (Å²) in [7, 11) is 0. The van der Waals surface area contributed by atoms with E-state index < -0.39 is 0 Å². The van der Waals surface area contributed by atoms with Gasteiger partial charge in [0.15, 0.2) is 5.82 Å². The Morgan fingerprint density at radius 3 is 3.07 bits per heavy atom. The van der Waals surface area contributed by atoms with Crippen LogP contribution < -0.4 is 5.73 Å². The van der Waals surface area contributed by atoms with Crippen LogP contribution in [0, 0.1) is 0 Å². The Balaban J connectivity index is 2.04. The number of hydrogen-bond acceptors (Lipinski definition) is 5. The van der Waals surface area contributed by atoms with E-state index in [1.165, 1.54) is 0 Å². The van der Waals surface area contributed by atoms with Crippen LogP contribution in [-0.4, -0.2) is 19.9 Å². The molecule has 0 atom stereocenters. The van der Waals surface area contributed by atoms with Crippen molar-refractivity contribution in [2.75, 3.05) is 5.73 Å². The molecule has 0 radical (unpaired) electrons. The predicted octanol–water partition coefficient (Wildman–Crippen LogP) is 0.849. The lowest BCUT2D eigenvalue weighted by Gasteiger charge is -1.93. The highest BCUT2D eigenvalue weighted by atomic mass is 16.5. The molecule has 0 saturated heterocycles. The second kappa shape index (κ2) is 4.12. The summed E-state index contributed by atoms with van der Waals surface area (Å²) in [6.07, 6.45) is 5.16. The molecule has 0 bridgehead atoms. The lowest BCUT2D eigenvalue weighted by atomic mass is 10.3. The highest BCUT2D eigenvalue weighted by Crippen LogP contribution is 2.04. The Bertz CT molecular complexity index is 433. The van der Waals surface area contributed by atoms with Gasteiger partial charge in [-0.2, -0.15) is 10.1 Å². The summed E-state index contributed by atoms with van der Waals surface area (Å²) in [5.74, 6) is 1.30. The second-order valence-electron chi connectivity index (χ2n) is 3.33. The molecule has 2 heterocycles. The van der Waals surface area contributed by atoms with Crippen molar-refractivity contribution in [3.8, 4) is 0 Å². The summed E-state index contributed by atoms with van der Waals surface area (Å²) in [6.45, 7) is 2.54. The normalized spacial score (nSPS) is 10.7. The maximum absolute atomic E-state index is 5.54. The van der Waals surface area contributed by atoms with Gasteiger partial charge in [-0.3, -0.25) is 4.68 Å². The maximum atomic E-state index is 5.54. The molecule has 2 aromatic heterocycles. The van der Waals surface area contributed by atoms with E-state index in [0.717, 1.165) is 18.7 Å². The van der Waals surface area contributed by atoms with E-state index >= 15 is 0 Å². The number of aryl methyl sites for hydroxylation is 1. The van der Waals surface area contributed by atoms with Gasteiger partial charge in [0.2, 0.25) is 5.89 Å². The molecule has 15 heavy (non-hydrogen) atoms. The third-order valence-corrected chi connectivity index (χ3v) is 1.93. The first-order chi connectivity index (χ1) is 7.28. The molecule has 0 aliphatic heterocycles. The van der Waals surface area contributed by atoms with Crippen LogP contribution in [0.15, 0.2) is 16.9 Å². The number of anilines is 1. The first-order valence-electron chi connectivity index (χ1n) is 4.87. The van der Waals surface area contributed by atoms with Crippen LogP contribution in [0.25, 0.3) is 0 Å². The monoisotopic (exact) mass is 207 g/mol. The molecule has 0 fully saturated rings. The molecule has 2 N–H and O–H groups in total. The number of aromatic nitrogens is 4. The third kappa shape index (κ3) is 2.34. The van der Waals surface area contributed by atoms with Crippen LogP contribution >= 0.6 is 0 Å². The van der Waals surface area contributed by atoms with Gasteiger partial charge in [0.25, 0.3) is 0 Å². The van der Waals surface area contributed by atoms with Gasteiger partial charge in [0.1, 0.15) is 6.54 Å². The van der Waals surface area contributed by atoms with Crippen molar-refractivity contribution in [2.45, 2.75) is 26.3 Å². The number of hydrogen-bond donors (Lipinski definition) is 1. The van der Waals surface area contributed by atoms with Gasteiger partial charge in [-0.05, 0) is 6.42 Å². The molecule has 0 spiro atoms. The van der Waals surface area contributed by atoms with Gasteiger partial charge in [-0.1, -0.05) is 12.1 Å². The van der Waals surface area contributed by atoms with E-state index in [-0.39, 0.29) is 0 Å². The SMILES string of the molecule is CCCc1noc(Cn2cc(N)cn2)n1. The minimum absolute atomic E-state index is 0.466. The molecule has 0 unspecified atom stereocenters. The molecule has 0 aliphatic carbocycles. The summed E-state index contributed by atoms with van der Waals surface area (Å²) >= 11 is 0. The third-order valence-electron chi connectivity index (χ3n) is 1.93. The minimum Gasteiger partial charge on any atom is -0.396 e. The van der Waals surface area contributed by atoms with E-state index in [1.807, 2.05) is 0 Å². The highest BCUT2D eigenvalue weighted by Gasteiger charge is 2.06. The van der Waals surface area contributed by atoms with Gasteiger partial charge >= 0.3 is 0 Å². The van der Waals surface area contributed by atoms with Gasteiger partial charge in [-0.15, -0.1) is 0 Å². The zero-order valence-corrected chi connectivity index (χ0v) is 8.55.